The van der Waals surface area contributed by atoms with Crippen LogP contribution in [0.25, 0.3) is 0 Å². The van der Waals surface area contributed by atoms with Crippen molar-refractivity contribution < 1.29 is 94.0 Å². The fourth-order valence-electron chi connectivity index (χ4n) is 4.89. The van der Waals surface area contributed by atoms with Crippen molar-refractivity contribution in [2.75, 3.05) is 0 Å². The number of hydrogen-bond acceptors (Lipinski definition) is 16. The number of rotatable bonds is 12. The molecular formula is C48H112O16Si4Ti. The molecule has 4 N–H and O–H groups in total. The van der Waals surface area contributed by atoms with Gasteiger partial charge in [0, 0.05) is 21.7 Å². The van der Waals surface area contributed by atoms with Crippen LogP contribution in [0.4, 0.5) is 0 Å². The monoisotopic (exact) mass is 1100 g/mol. The van der Waals surface area contributed by atoms with Gasteiger partial charge in [-0.05, 0) is 249 Å². The molecular weight excluding hydrogens is 993 g/mol. The van der Waals surface area contributed by atoms with E-state index in [2.05, 4.69) is 0 Å². The normalized spacial score (nSPS) is 15.0. The van der Waals surface area contributed by atoms with E-state index in [1.54, 1.807) is 0 Å². The van der Waals surface area contributed by atoms with Gasteiger partial charge in [0.1, 0.15) is 0 Å². The molecule has 0 saturated carbocycles. The molecule has 0 saturated heterocycles. The second-order valence-corrected chi connectivity index (χ2v) is 35.3. The van der Waals surface area contributed by atoms with E-state index in [9.17, 15) is 19.2 Å². The van der Waals surface area contributed by atoms with Gasteiger partial charge in [-0.2, -0.15) is 0 Å². The Balaban J connectivity index is -0.000000263. The van der Waals surface area contributed by atoms with Crippen molar-refractivity contribution in [3.05, 3.63) is 0 Å². The van der Waals surface area contributed by atoms with Crippen molar-refractivity contribution >= 4 is 36.2 Å². The Morgan fingerprint density at radius 2 is 0.203 bits per heavy atom. The van der Waals surface area contributed by atoms with Gasteiger partial charge in [0.25, 0.3) is 0 Å². The molecule has 69 heavy (non-hydrogen) atoms. The first-order valence-corrected chi connectivity index (χ1v) is 30.5. The molecule has 21 heteroatoms. The van der Waals surface area contributed by atoms with Crippen LogP contribution in [-0.2, 0) is 74.8 Å². The molecule has 0 fully saturated rings. The fourth-order valence-corrected chi connectivity index (χ4v) is 14.7. The third-order valence-corrected chi connectivity index (χ3v) is 15.7. The van der Waals surface area contributed by atoms with Gasteiger partial charge in [-0.3, -0.25) is 0 Å². The Hall–Kier alpha value is 0.942. The summed E-state index contributed by atoms with van der Waals surface area (Å²) in [5, 5.41) is 0. The molecule has 0 atom stereocenters. The van der Waals surface area contributed by atoms with Gasteiger partial charge in [0.2, 0.25) is 0 Å². The van der Waals surface area contributed by atoms with Crippen molar-refractivity contribution in [1.29, 1.82) is 0 Å². The van der Waals surface area contributed by atoms with Crippen LogP contribution in [0.15, 0.2) is 0 Å². The molecule has 0 aliphatic rings. The van der Waals surface area contributed by atoms with E-state index >= 15 is 0 Å². The molecule has 16 nitrogen and oxygen atoms in total. The molecule has 0 unspecified atom stereocenters. The standard InChI is InChI=1S/4C12H28O4Si.Ti/c4*1-10(2,3)14-17(13,15-11(4,5)6)16-12(7,8)9;/h4*13H,1-9H3;. The predicted octanol–water partition coefficient (Wildman–Crippen LogP) is 11.4. The Labute approximate surface area is 444 Å². The van der Waals surface area contributed by atoms with Crippen molar-refractivity contribution in [1.82, 2.24) is 0 Å². The van der Waals surface area contributed by atoms with E-state index in [1.807, 2.05) is 249 Å². The maximum atomic E-state index is 10.5. The van der Waals surface area contributed by atoms with E-state index < -0.39 is 103 Å². The zero-order chi connectivity index (χ0) is 56.5. The molecule has 0 aromatic heterocycles. The van der Waals surface area contributed by atoms with Gasteiger partial charge in [-0.15, -0.1) is 0 Å². The summed E-state index contributed by atoms with van der Waals surface area (Å²) < 4.78 is 67.5. The van der Waals surface area contributed by atoms with E-state index in [-0.39, 0.29) is 21.7 Å². The van der Waals surface area contributed by atoms with Crippen molar-refractivity contribution in [2.45, 2.75) is 316 Å². The largest absolute Gasteiger partial charge is 0.678 e. The van der Waals surface area contributed by atoms with Gasteiger partial charge < -0.3 is 72.3 Å². The van der Waals surface area contributed by atoms with Crippen LogP contribution in [0.2, 0.25) is 0 Å². The Morgan fingerprint density at radius 3 is 0.232 bits per heavy atom. The maximum absolute atomic E-state index is 10.5. The van der Waals surface area contributed by atoms with Crippen LogP contribution in [0.3, 0.4) is 0 Å². The van der Waals surface area contributed by atoms with Crippen molar-refractivity contribution in [3.8, 4) is 0 Å². The van der Waals surface area contributed by atoms with Gasteiger partial charge in [-0.1, -0.05) is 0 Å². The summed E-state index contributed by atoms with van der Waals surface area (Å²) in [6, 6.07) is 0. The first-order valence-electron chi connectivity index (χ1n) is 23.8. The Bertz CT molecular complexity index is 1040. The summed E-state index contributed by atoms with van der Waals surface area (Å²) in [6.45, 7) is 67.1. The third-order valence-electron chi connectivity index (χ3n) is 5.22. The molecule has 0 bridgehead atoms. The van der Waals surface area contributed by atoms with Crippen molar-refractivity contribution in [2.24, 2.45) is 0 Å². The summed E-state index contributed by atoms with van der Waals surface area (Å²) >= 11 is 0. The summed E-state index contributed by atoms with van der Waals surface area (Å²) in [4.78, 5) is 42.0. The molecule has 0 heterocycles. The van der Waals surface area contributed by atoms with Crippen molar-refractivity contribution in [3.63, 3.8) is 0 Å². The van der Waals surface area contributed by atoms with Gasteiger partial charge in [0.05, 0.1) is 67.2 Å². The molecule has 0 rings (SSSR count). The summed E-state index contributed by atoms with van der Waals surface area (Å²) in [5.41, 5.74) is -6.20. The quantitative estimate of drug-likeness (QED) is 0.135. The topological polar surface area (TPSA) is 192 Å². The SMILES string of the molecule is CC(C)(C)O[Si](O)(OC(C)(C)C)OC(C)(C)C.CC(C)(C)O[Si](O)(OC(C)(C)C)OC(C)(C)C.CC(C)(C)O[Si](O)(OC(C)(C)C)OC(C)(C)C.CC(C)(C)O[Si](O)(OC(C)(C)C)OC(C)(C)C.[Ti]. The maximum Gasteiger partial charge on any atom is 0.678 e. The minimum absolute atomic E-state index is 0. The molecule has 0 aliphatic heterocycles. The second kappa shape index (κ2) is 26.8. The minimum atomic E-state index is -3.66. The summed E-state index contributed by atoms with van der Waals surface area (Å²) in [5.74, 6) is 0. The van der Waals surface area contributed by atoms with E-state index in [0.29, 0.717) is 0 Å². The second-order valence-electron chi connectivity index (χ2n) is 28.7. The van der Waals surface area contributed by atoms with Crippen LogP contribution in [0.1, 0.15) is 249 Å². The smallest absolute Gasteiger partial charge is 0.367 e. The van der Waals surface area contributed by atoms with Crippen LogP contribution >= 0.6 is 0 Å². The third kappa shape index (κ3) is 58.1. The first-order chi connectivity index (χ1) is 28.5. The van der Waals surface area contributed by atoms with Crippen LogP contribution in [-0.4, -0.2) is 123 Å². The first kappa shape index (κ1) is 78.8. The molecule has 0 aromatic rings. The zero-order valence-electron chi connectivity index (χ0n) is 51.2. The van der Waals surface area contributed by atoms with Crippen LogP contribution in [0.5, 0.6) is 0 Å². The molecule has 0 aliphatic carbocycles. The average molecular weight is 1110 g/mol. The summed E-state index contributed by atoms with van der Waals surface area (Å²) in [7, 11) is -14.6. The minimum Gasteiger partial charge on any atom is -0.367 e. The Kier molecular flexibility index (Phi) is 30.6. The van der Waals surface area contributed by atoms with E-state index in [1.165, 1.54) is 0 Å². The predicted molar refractivity (Wildman–Crippen MR) is 282 cm³/mol. The van der Waals surface area contributed by atoms with Gasteiger partial charge in [0.15, 0.2) is 0 Å². The number of hydrogen-bond donors (Lipinski definition) is 4. The Morgan fingerprint density at radius 1 is 0.159 bits per heavy atom. The summed E-state index contributed by atoms with van der Waals surface area (Å²) in [6.07, 6.45) is 0. The molecule has 0 amide bonds. The van der Waals surface area contributed by atoms with E-state index in [0.717, 1.165) is 0 Å². The van der Waals surface area contributed by atoms with Gasteiger partial charge in [-0.25, -0.2) is 0 Å². The molecule has 0 spiro atoms. The molecule has 0 radical (unpaired) electrons. The van der Waals surface area contributed by atoms with Gasteiger partial charge >= 0.3 is 36.2 Å². The molecule has 420 valence electrons. The molecule has 0 aromatic carbocycles. The van der Waals surface area contributed by atoms with E-state index in [4.69, 9.17) is 53.1 Å². The van der Waals surface area contributed by atoms with Crippen LogP contribution < -0.4 is 0 Å². The fraction of sp³-hybridized carbons (Fsp3) is 1.00. The van der Waals surface area contributed by atoms with Crippen LogP contribution in [0, 0.1) is 0 Å². The zero-order valence-corrected chi connectivity index (χ0v) is 56.7. The average Bonchev–Trinajstić information content (AvgIpc) is 2.73.